The van der Waals surface area contributed by atoms with Crippen LogP contribution in [0.2, 0.25) is 0 Å². The van der Waals surface area contributed by atoms with Crippen molar-refractivity contribution in [2.75, 3.05) is 37.3 Å². The third-order valence-corrected chi connectivity index (χ3v) is 5.78. The molecular formula is C16H23N3O3S. The Hall–Kier alpha value is -1.76. The van der Waals surface area contributed by atoms with Crippen molar-refractivity contribution in [3.63, 3.8) is 0 Å². The average molecular weight is 337 g/mol. The van der Waals surface area contributed by atoms with Crippen molar-refractivity contribution in [2.45, 2.75) is 30.2 Å². The highest BCUT2D eigenvalue weighted by Gasteiger charge is 2.29. The number of nitrogens with one attached hydrogen (secondary N) is 1. The zero-order valence-corrected chi connectivity index (χ0v) is 14.2. The number of amides is 2. The van der Waals surface area contributed by atoms with E-state index in [1.807, 2.05) is 17.0 Å². The molecule has 7 heteroatoms. The molecule has 0 aromatic heterocycles. The summed E-state index contributed by atoms with van der Waals surface area (Å²) in [5, 5.41) is 2.91. The first-order chi connectivity index (χ1) is 10.9. The number of carbonyl (C=O) groups excluding carboxylic acids is 1. The maximum Gasteiger partial charge on any atom is 0.317 e. The van der Waals surface area contributed by atoms with E-state index in [0.717, 1.165) is 51.1 Å². The SMILES string of the molecule is CS(=O)(=O)c1ccc(N2CCC(N3CCCNC3=O)CC2)cc1. The first-order valence-corrected chi connectivity index (χ1v) is 9.94. The van der Waals surface area contributed by atoms with Crippen LogP contribution in [0.15, 0.2) is 29.2 Å². The highest BCUT2D eigenvalue weighted by molar-refractivity contribution is 7.90. The topological polar surface area (TPSA) is 69.7 Å². The van der Waals surface area contributed by atoms with Gasteiger partial charge in [0.05, 0.1) is 4.90 Å². The zero-order valence-electron chi connectivity index (χ0n) is 13.4. The van der Waals surface area contributed by atoms with Crippen molar-refractivity contribution in [3.05, 3.63) is 24.3 Å². The molecular weight excluding hydrogens is 314 g/mol. The monoisotopic (exact) mass is 337 g/mol. The van der Waals surface area contributed by atoms with Gasteiger partial charge in [0.15, 0.2) is 9.84 Å². The number of carbonyl (C=O) groups is 1. The lowest BCUT2D eigenvalue weighted by atomic mass is 10.0. The molecule has 2 aliphatic heterocycles. The number of sulfone groups is 1. The minimum atomic E-state index is -3.15. The largest absolute Gasteiger partial charge is 0.371 e. The van der Waals surface area contributed by atoms with E-state index in [4.69, 9.17) is 0 Å². The normalized spacial score (nSPS) is 20.5. The standard InChI is InChI=1S/C16H23N3O3S/c1-23(21,22)15-5-3-13(4-6-15)18-11-7-14(8-12-18)19-10-2-9-17-16(19)20/h3-6,14H,2,7-12H2,1H3,(H,17,20). The van der Waals surface area contributed by atoms with Gasteiger partial charge in [-0.1, -0.05) is 0 Å². The second-order valence-electron chi connectivity index (χ2n) is 6.26. The van der Waals surface area contributed by atoms with Gasteiger partial charge in [-0.15, -0.1) is 0 Å². The summed E-state index contributed by atoms with van der Waals surface area (Å²) in [5.74, 6) is 0. The zero-order chi connectivity index (χ0) is 16.4. The number of hydrogen-bond acceptors (Lipinski definition) is 4. The molecule has 0 saturated carbocycles. The first kappa shape index (κ1) is 16.1. The van der Waals surface area contributed by atoms with Crippen LogP contribution in [0.25, 0.3) is 0 Å². The Morgan fingerprint density at radius 3 is 2.30 bits per heavy atom. The van der Waals surface area contributed by atoms with Crippen LogP contribution in [0.4, 0.5) is 10.5 Å². The Morgan fingerprint density at radius 1 is 1.09 bits per heavy atom. The first-order valence-electron chi connectivity index (χ1n) is 8.05. The van der Waals surface area contributed by atoms with E-state index in [9.17, 15) is 13.2 Å². The smallest absolute Gasteiger partial charge is 0.317 e. The predicted octanol–water partition coefficient (Wildman–Crippen LogP) is 1.47. The van der Waals surface area contributed by atoms with Crippen molar-refractivity contribution in [3.8, 4) is 0 Å². The minimum absolute atomic E-state index is 0.0622. The van der Waals surface area contributed by atoms with E-state index in [1.165, 1.54) is 6.26 Å². The molecule has 0 radical (unpaired) electrons. The summed E-state index contributed by atoms with van der Waals surface area (Å²) in [6.45, 7) is 3.39. The number of benzene rings is 1. The summed E-state index contributed by atoms with van der Waals surface area (Å²) in [6.07, 6.45) is 4.12. The van der Waals surface area contributed by atoms with Crippen molar-refractivity contribution in [2.24, 2.45) is 0 Å². The second-order valence-corrected chi connectivity index (χ2v) is 8.28. The Morgan fingerprint density at radius 2 is 1.74 bits per heavy atom. The minimum Gasteiger partial charge on any atom is -0.371 e. The molecule has 23 heavy (non-hydrogen) atoms. The van der Waals surface area contributed by atoms with Gasteiger partial charge >= 0.3 is 6.03 Å². The summed E-state index contributed by atoms with van der Waals surface area (Å²) in [4.78, 5) is 16.5. The summed E-state index contributed by atoms with van der Waals surface area (Å²) < 4.78 is 23.0. The van der Waals surface area contributed by atoms with Gasteiger partial charge in [-0.2, -0.15) is 0 Å². The van der Waals surface area contributed by atoms with E-state index in [2.05, 4.69) is 10.2 Å². The summed E-state index contributed by atoms with van der Waals surface area (Å²) in [6, 6.07) is 7.42. The van der Waals surface area contributed by atoms with Crippen LogP contribution in [0.1, 0.15) is 19.3 Å². The third kappa shape index (κ3) is 3.60. The maximum absolute atomic E-state index is 11.9. The molecule has 3 rings (SSSR count). The fraction of sp³-hybridized carbons (Fsp3) is 0.562. The molecule has 1 aromatic carbocycles. The molecule has 0 bridgehead atoms. The fourth-order valence-corrected chi connectivity index (χ4v) is 3.97. The lowest BCUT2D eigenvalue weighted by molar-refractivity contribution is 0.149. The Kier molecular flexibility index (Phi) is 4.48. The Balaban J connectivity index is 1.61. The molecule has 1 N–H and O–H groups in total. The van der Waals surface area contributed by atoms with Gasteiger partial charge in [0, 0.05) is 44.2 Å². The molecule has 6 nitrogen and oxygen atoms in total. The van der Waals surface area contributed by atoms with Crippen molar-refractivity contribution in [1.29, 1.82) is 0 Å². The highest BCUT2D eigenvalue weighted by atomic mass is 32.2. The molecule has 126 valence electrons. The lowest BCUT2D eigenvalue weighted by Crippen LogP contribution is -2.54. The molecule has 2 amide bonds. The molecule has 0 aliphatic carbocycles. The van der Waals surface area contributed by atoms with Gasteiger partial charge in [-0.05, 0) is 43.5 Å². The van der Waals surface area contributed by atoms with Gasteiger partial charge in [-0.25, -0.2) is 13.2 Å². The molecule has 1 aromatic rings. The van der Waals surface area contributed by atoms with Crippen LogP contribution in [-0.2, 0) is 9.84 Å². The van der Waals surface area contributed by atoms with E-state index in [-0.39, 0.29) is 6.03 Å². The van der Waals surface area contributed by atoms with Gasteiger partial charge in [0.25, 0.3) is 0 Å². The molecule has 0 spiro atoms. The third-order valence-electron chi connectivity index (χ3n) is 4.65. The predicted molar refractivity (Wildman–Crippen MR) is 89.5 cm³/mol. The Labute approximate surface area is 137 Å². The molecule has 2 saturated heterocycles. The Bertz CT molecular complexity index is 664. The number of anilines is 1. The van der Waals surface area contributed by atoms with Crippen LogP contribution >= 0.6 is 0 Å². The number of rotatable bonds is 3. The maximum atomic E-state index is 11.9. The van der Waals surface area contributed by atoms with Crippen LogP contribution in [0, 0.1) is 0 Å². The quantitative estimate of drug-likeness (QED) is 0.907. The van der Waals surface area contributed by atoms with Gasteiger partial charge in [-0.3, -0.25) is 0 Å². The van der Waals surface area contributed by atoms with Crippen LogP contribution in [-0.4, -0.2) is 57.8 Å². The number of nitrogens with zero attached hydrogens (tertiary/aromatic N) is 2. The van der Waals surface area contributed by atoms with Crippen molar-refractivity contribution >= 4 is 21.6 Å². The summed E-state index contributed by atoms with van der Waals surface area (Å²) in [5.41, 5.74) is 1.04. The van der Waals surface area contributed by atoms with E-state index >= 15 is 0 Å². The number of hydrogen-bond donors (Lipinski definition) is 1. The van der Waals surface area contributed by atoms with Crippen LogP contribution in [0.5, 0.6) is 0 Å². The van der Waals surface area contributed by atoms with Crippen LogP contribution < -0.4 is 10.2 Å². The molecule has 2 aliphatic rings. The lowest BCUT2D eigenvalue weighted by Gasteiger charge is -2.41. The summed E-state index contributed by atoms with van der Waals surface area (Å²) >= 11 is 0. The number of piperidine rings is 1. The summed E-state index contributed by atoms with van der Waals surface area (Å²) in [7, 11) is -3.15. The van der Waals surface area contributed by atoms with Gasteiger partial charge in [0.1, 0.15) is 0 Å². The van der Waals surface area contributed by atoms with E-state index in [0.29, 0.717) is 10.9 Å². The van der Waals surface area contributed by atoms with E-state index < -0.39 is 9.84 Å². The second kappa shape index (κ2) is 6.39. The van der Waals surface area contributed by atoms with Crippen LogP contribution in [0.3, 0.4) is 0 Å². The molecule has 0 unspecified atom stereocenters. The highest BCUT2D eigenvalue weighted by Crippen LogP contribution is 2.24. The number of urea groups is 1. The van der Waals surface area contributed by atoms with Crippen molar-refractivity contribution < 1.29 is 13.2 Å². The van der Waals surface area contributed by atoms with Gasteiger partial charge in [0.2, 0.25) is 0 Å². The fourth-order valence-electron chi connectivity index (χ4n) is 3.34. The molecule has 0 atom stereocenters. The average Bonchev–Trinajstić information content (AvgIpc) is 2.55. The van der Waals surface area contributed by atoms with E-state index in [1.54, 1.807) is 12.1 Å². The molecule has 2 fully saturated rings. The van der Waals surface area contributed by atoms with Crippen molar-refractivity contribution in [1.82, 2.24) is 10.2 Å². The van der Waals surface area contributed by atoms with Gasteiger partial charge < -0.3 is 15.1 Å². The molecule has 2 heterocycles.